The molecule has 0 fully saturated rings. The Labute approximate surface area is 112 Å². The third-order valence-corrected chi connectivity index (χ3v) is 3.40. The molecule has 0 heterocycles. The average Bonchev–Trinajstić information content (AvgIpc) is 2.23. The second-order valence-electron chi connectivity index (χ2n) is 2.73. The number of anilines is 1. The smallest absolute Gasteiger partial charge is 0.238 e. The molecule has 0 atom stereocenters. The molecule has 0 saturated heterocycles. The van der Waals surface area contributed by atoms with E-state index in [1.54, 1.807) is 28.7 Å². The number of benzene rings is 1. The van der Waals surface area contributed by atoms with E-state index in [2.05, 4.69) is 21.2 Å². The Hall–Kier alpha value is -0.750. The Balaban J connectivity index is 3.07. The van der Waals surface area contributed by atoms with E-state index in [9.17, 15) is 13.6 Å². The van der Waals surface area contributed by atoms with Crippen molar-refractivity contribution in [2.24, 2.45) is 0 Å². The summed E-state index contributed by atoms with van der Waals surface area (Å²) in [6.45, 7) is 0. The Morgan fingerprint density at radius 1 is 1.62 bits per heavy atom. The molecule has 0 aliphatic carbocycles. The predicted octanol–water partition coefficient (Wildman–Crippen LogP) is 3.18. The monoisotopic (exact) mass is 400 g/mol. The number of hydrogen-bond donors (Lipinski definition) is 1. The molecule has 0 aromatic heterocycles. The Morgan fingerprint density at radius 3 is 2.81 bits per heavy atom. The van der Waals surface area contributed by atoms with Gasteiger partial charge < -0.3 is 5.32 Å². The number of amides is 1. The molecule has 0 unspecified atom stereocenters. The van der Waals surface area contributed by atoms with Crippen LogP contribution >= 0.6 is 38.5 Å². The molecule has 3 nitrogen and oxygen atoms in total. The van der Waals surface area contributed by atoms with Gasteiger partial charge in [-0.1, -0.05) is 0 Å². The molecule has 0 saturated carbocycles. The maximum absolute atomic E-state index is 13.4. The minimum atomic E-state index is -0.815. The first-order valence-electron chi connectivity index (χ1n) is 3.97. The molecule has 0 radical (unpaired) electrons. The highest BCUT2D eigenvalue weighted by Crippen LogP contribution is 2.30. The normalized spacial score (nSPS) is 9.69. The molecule has 1 aromatic rings. The summed E-state index contributed by atoms with van der Waals surface area (Å²) >= 11 is 4.38. The lowest BCUT2D eigenvalue weighted by Crippen LogP contribution is -2.12. The van der Waals surface area contributed by atoms with Crippen molar-refractivity contribution >= 4 is 50.1 Å². The van der Waals surface area contributed by atoms with Gasteiger partial charge in [0.2, 0.25) is 5.91 Å². The van der Waals surface area contributed by atoms with E-state index in [1.807, 2.05) is 0 Å². The van der Waals surface area contributed by atoms with Crippen LogP contribution in [-0.2, 0) is 4.79 Å². The number of halogens is 4. The van der Waals surface area contributed by atoms with Crippen LogP contribution in [0, 0.1) is 26.5 Å². The van der Waals surface area contributed by atoms with Crippen molar-refractivity contribution < 1.29 is 13.6 Å². The first-order chi connectivity index (χ1) is 7.47. The number of nitriles is 1. The summed E-state index contributed by atoms with van der Waals surface area (Å²) in [7, 11) is 0. The van der Waals surface area contributed by atoms with Crippen molar-refractivity contribution in [3.63, 3.8) is 0 Å². The molecule has 16 heavy (non-hydrogen) atoms. The van der Waals surface area contributed by atoms with Gasteiger partial charge in [0.05, 0.1) is 19.8 Å². The van der Waals surface area contributed by atoms with Gasteiger partial charge in [-0.2, -0.15) is 5.26 Å². The number of carbonyl (C=O) groups excluding carboxylic acids is 1. The molecule has 1 aromatic carbocycles. The van der Waals surface area contributed by atoms with Crippen molar-refractivity contribution in [3.05, 3.63) is 25.7 Å². The maximum atomic E-state index is 13.4. The molecule has 7 heteroatoms. The first-order valence-corrected chi connectivity index (χ1v) is 5.84. The zero-order valence-corrected chi connectivity index (χ0v) is 11.4. The molecule has 0 bridgehead atoms. The third kappa shape index (κ3) is 2.89. The van der Waals surface area contributed by atoms with Gasteiger partial charge in [0.1, 0.15) is 12.2 Å². The highest BCUT2D eigenvalue weighted by molar-refractivity contribution is 14.1. The highest BCUT2D eigenvalue weighted by atomic mass is 127. The zero-order valence-electron chi connectivity index (χ0n) is 7.65. The number of carbonyl (C=O) groups is 1. The molecule has 0 spiro atoms. The Kier molecular flexibility index (Phi) is 4.61. The quantitative estimate of drug-likeness (QED) is 0.471. The van der Waals surface area contributed by atoms with Crippen LogP contribution in [0.2, 0.25) is 0 Å². The van der Waals surface area contributed by atoms with Gasteiger partial charge in [-0.05, 0) is 44.6 Å². The van der Waals surface area contributed by atoms with E-state index in [4.69, 9.17) is 5.26 Å². The molecule has 84 valence electrons. The topological polar surface area (TPSA) is 52.9 Å². The summed E-state index contributed by atoms with van der Waals surface area (Å²) in [4.78, 5) is 11.1. The molecular formula is C9H4BrF2IN2O. The van der Waals surface area contributed by atoms with Crippen LogP contribution in [0.15, 0.2) is 10.5 Å². The predicted molar refractivity (Wildman–Crippen MR) is 65.6 cm³/mol. The summed E-state index contributed by atoms with van der Waals surface area (Å²) in [5.74, 6) is -2.21. The second kappa shape index (κ2) is 5.54. The highest BCUT2D eigenvalue weighted by Gasteiger charge is 2.16. The van der Waals surface area contributed by atoms with Crippen molar-refractivity contribution in [2.75, 3.05) is 5.32 Å². The Bertz CT molecular complexity index is 487. The van der Waals surface area contributed by atoms with Crippen LogP contribution in [0.1, 0.15) is 6.42 Å². The maximum Gasteiger partial charge on any atom is 0.238 e. The summed E-state index contributed by atoms with van der Waals surface area (Å²) in [6, 6.07) is 2.63. The molecule has 0 aliphatic heterocycles. The van der Waals surface area contributed by atoms with Crippen LogP contribution in [-0.4, -0.2) is 5.91 Å². The fraction of sp³-hybridized carbons (Fsp3) is 0.111. The van der Waals surface area contributed by atoms with Gasteiger partial charge in [-0.25, -0.2) is 8.78 Å². The van der Waals surface area contributed by atoms with E-state index >= 15 is 0 Å². The average molecular weight is 401 g/mol. The molecule has 1 amide bonds. The van der Waals surface area contributed by atoms with E-state index in [0.717, 1.165) is 6.07 Å². The largest absolute Gasteiger partial charge is 0.324 e. The van der Waals surface area contributed by atoms with Crippen LogP contribution < -0.4 is 5.32 Å². The minimum Gasteiger partial charge on any atom is -0.324 e. The fourth-order valence-electron chi connectivity index (χ4n) is 0.930. The first kappa shape index (κ1) is 13.3. The summed E-state index contributed by atoms with van der Waals surface area (Å²) < 4.78 is 26.3. The van der Waals surface area contributed by atoms with Crippen molar-refractivity contribution in [1.29, 1.82) is 5.26 Å². The molecule has 1 N–H and O–H groups in total. The number of rotatable bonds is 2. The van der Waals surface area contributed by atoms with Crippen molar-refractivity contribution in [2.45, 2.75) is 6.42 Å². The lowest BCUT2D eigenvalue weighted by atomic mass is 10.3. The number of nitrogens with one attached hydrogen (secondary N) is 1. The standard InChI is InChI=1S/C9H4BrF2IN2O/c10-7-4(11)3-5(9(13)8(7)12)15-6(16)1-2-14/h3H,1H2,(H,15,16). The molecular weight excluding hydrogens is 397 g/mol. The van der Waals surface area contributed by atoms with E-state index in [1.165, 1.54) is 0 Å². The van der Waals surface area contributed by atoms with Gasteiger partial charge >= 0.3 is 0 Å². The number of nitrogens with zero attached hydrogens (tertiary/aromatic N) is 1. The summed E-state index contributed by atoms with van der Waals surface area (Å²) in [5.41, 5.74) is 0.0130. The minimum absolute atomic E-state index is 0.0130. The van der Waals surface area contributed by atoms with Gasteiger partial charge in [-0.15, -0.1) is 0 Å². The van der Waals surface area contributed by atoms with E-state index < -0.39 is 17.5 Å². The molecule has 1 rings (SSSR count). The SMILES string of the molecule is N#CCC(=O)Nc1cc(F)c(Br)c(F)c1I. The lowest BCUT2D eigenvalue weighted by molar-refractivity contribution is -0.115. The van der Waals surface area contributed by atoms with Crippen LogP contribution in [0.4, 0.5) is 14.5 Å². The van der Waals surface area contributed by atoms with E-state index in [-0.39, 0.29) is 20.2 Å². The second-order valence-corrected chi connectivity index (χ2v) is 4.60. The lowest BCUT2D eigenvalue weighted by Gasteiger charge is -2.08. The van der Waals surface area contributed by atoms with E-state index in [0.29, 0.717) is 0 Å². The van der Waals surface area contributed by atoms with Gasteiger partial charge in [0.15, 0.2) is 5.82 Å². The van der Waals surface area contributed by atoms with Crippen LogP contribution in [0.3, 0.4) is 0 Å². The summed E-state index contributed by atoms with van der Waals surface area (Å²) in [6.07, 6.45) is -0.366. The Morgan fingerprint density at radius 2 is 2.25 bits per heavy atom. The van der Waals surface area contributed by atoms with Gasteiger partial charge in [0.25, 0.3) is 0 Å². The molecule has 0 aliphatic rings. The number of hydrogen-bond acceptors (Lipinski definition) is 2. The van der Waals surface area contributed by atoms with Gasteiger partial charge in [0, 0.05) is 0 Å². The van der Waals surface area contributed by atoms with Crippen molar-refractivity contribution in [3.8, 4) is 6.07 Å². The summed E-state index contributed by atoms with van der Waals surface area (Å²) in [5, 5.41) is 10.5. The fourth-order valence-corrected chi connectivity index (χ4v) is 2.17. The van der Waals surface area contributed by atoms with Crippen LogP contribution in [0.25, 0.3) is 0 Å². The zero-order chi connectivity index (χ0) is 12.3. The van der Waals surface area contributed by atoms with Crippen LogP contribution in [0.5, 0.6) is 0 Å². The van der Waals surface area contributed by atoms with Gasteiger partial charge in [-0.3, -0.25) is 4.79 Å². The van der Waals surface area contributed by atoms with Crippen molar-refractivity contribution in [1.82, 2.24) is 0 Å². The third-order valence-electron chi connectivity index (χ3n) is 1.62.